The second-order valence-electron chi connectivity index (χ2n) is 3.28. The van der Waals surface area contributed by atoms with Crippen LogP contribution in [0.25, 0.3) is 0 Å². The molecule has 1 heterocycles. The highest BCUT2D eigenvalue weighted by Crippen LogP contribution is 2.34. The van der Waals surface area contributed by atoms with E-state index in [-0.39, 0.29) is 12.5 Å². The zero-order valence-corrected chi connectivity index (χ0v) is 8.77. The van der Waals surface area contributed by atoms with E-state index in [0.29, 0.717) is 23.7 Å². The van der Waals surface area contributed by atoms with E-state index in [1.165, 1.54) is 6.08 Å². The van der Waals surface area contributed by atoms with Crippen LogP contribution in [0.5, 0.6) is 5.75 Å². The lowest BCUT2D eigenvalue weighted by atomic mass is 10.2. The Hall–Kier alpha value is -2.13. The molecule has 1 aromatic rings. The van der Waals surface area contributed by atoms with Gasteiger partial charge in [-0.2, -0.15) is 4.99 Å². The van der Waals surface area contributed by atoms with E-state index in [9.17, 15) is 9.59 Å². The number of hydrogen-bond acceptors (Lipinski definition) is 4. The van der Waals surface area contributed by atoms with Gasteiger partial charge in [0, 0.05) is 6.54 Å². The number of anilines is 1. The summed E-state index contributed by atoms with van der Waals surface area (Å²) in [6.45, 7) is 2.49. The first-order chi connectivity index (χ1) is 7.76. The molecule has 0 aromatic heterocycles. The molecule has 1 aromatic carbocycles. The molecular formula is C11H10N2O3. The molecule has 0 N–H and O–H groups in total. The molecule has 1 aliphatic rings. The highest BCUT2D eigenvalue weighted by atomic mass is 16.5. The van der Waals surface area contributed by atoms with E-state index in [1.807, 2.05) is 6.92 Å². The van der Waals surface area contributed by atoms with E-state index in [1.54, 1.807) is 23.1 Å². The highest BCUT2D eigenvalue weighted by Gasteiger charge is 2.24. The zero-order chi connectivity index (χ0) is 11.5. The van der Waals surface area contributed by atoms with Gasteiger partial charge in [0.25, 0.3) is 5.91 Å². The van der Waals surface area contributed by atoms with Gasteiger partial charge in [0.1, 0.15) is 5.75 Å². The number of fused-ring (bicyclic) bond motifs is 1. The molecule has 2 rings (SSSR count). The predicted octanol–water partition coefficient (Wildman–Crippen LogP) is 1.40. The Morgan fingerprint density at radius 2 is 2.38 bits per heavy atom. The number of ether oxygens (including phenoxy) is 1. The van der Waals surface area contributed by atoms with Crippen LogP contribution in [0.2, 0.25) is 0 Å². The third-order valence-corrected chi connectivity index (χ3v) is 2.38. The lowest BCUT2D eigenvalue weighted by molar-refractivity contribution is -0.121. The second-order valence-corrected chi connectivity index (χ2v) is 3.28. The molecule has 0 saturated heterocycles. The van der Waals surface area contributed by atoms with Crippen molar-refractivity contribution < 1.29 is 14.3 Å². The van der Waals surface area contributed by atoms with Crippen molar-refractivity contribution in [3.05, 3.63) is 18.2 Å². The third-order valence-electron chi connectivity index (χ3n) is 2.38. The summed E-state index contributed by atoms with van der Waals surface area (Å²) >= 11 is 0. The molecule has 0 saturated carbocycles. The number of carbonyl (C=O) groups excluding carboxylic acids is 2. The molecule has 5 nitrogen and oxygen atoms in total. The van der Waals surface area contributed by atoms with Gasteiger partial charge in [-0.15, -0.1) is 0 Å². The van der Waals surface area contributed by atoms with Crippen LogP contribution in [0.1, 0.15) is 6.92 Å². The summed E-state index contributed by atoms with van der Waals surface area (Å²) in [6, 6.07) is 4.98. The maximum atomic E-state index is 11.6. The van der Waals surface area contributed by atoms with Crippen LogP contribution in [0.4, 0.5) is 11.4 Å². The van der Waals surface area contributed by atoms with E-state index in [4.69, 9.17) is 4.74 Å². The SMILES string of the molecule is CCN1C(=O)COc2ccc(N=C=O)cc21. The first-order valence-corrected chi connectivity index (χ1v) is 4.91. The van der Waals surface area contributed by atoms with Gasteiger partial charge in [-0.3, -0.25) is 4.79 Å². The van der Waals surface area contributed by atoms with Crippen molar-refractivity contribution in [3.63, 3.8) is 0 Å². The third kappa shape index (κ3) is 1.68. The number of amides is 1. The first kappa shape index (κ1) is 10.4. The molecule has 0 unspecified atom stereocenters. The second kappa shape index (κ2) is 4.16. The summed E-state index contributed by atoms with van der Waals surface area (Å²) < 4.78 is 5.27. The Balaban J connectivity index is 2.49. The predicted molar refractivity (Wildman–Crippen MR) is 57.7 cm³/mol. The lowest BCUT2D eigenvalue weighted by Crippen LogP contribution is -2.38. The number of benzene rings is 1. The van der Waals surface area contributed by atoms with Crippen molar-refractivity contribution in [1.29, 1.82) is 0 Å². The van der Waals surface area contributed by atoms with Gasteiger partial charge in [-0.05, 0) is 25.1 Å². The zero-order valence-electron chi connectivity index (χ0n) is 8.77. The summed E-state index contributed by atoms with van der Waals surface area (Å²) in [7, 11) is 0. The minimum absolute atomic E-state index is 0.0527. The van der Waals surface area contributed by atoms with E-state index >= 15 is 0 Å². The van der Waals surface area contributed by atoms with Crippen LogP contribution in [0.15, 0.2) is 23.2 Å². The van der Waals surface area contributed by atoms with Crippen LogP contribution in [0, 0.1) is 0 Å². The molecule has 0 fully saturated rings. The van der Waals surface area contributed by atoms with Gasteiger partial charge in [0.2, 0.25) is 6.08 Å². The monoisotopic (exact) mass is 218 g/mol. The van der Waals surface area contributed by atoms with Gasteiger partial charge in [0.15, 0.2) is 6.61 Å². The summed E-state index contributed by atoms with van der Waals surface area (Å²) in [5.41, 5.74) is 1.11. The minimum atomic E-state index is -0.0952. The van der Waals surface area contributed by atoms with Gasteiger partial charge in [0.05, 0.1) is 11.4 Å². The molecule has 0 aliphatic carbocycles. The van der Waals surface area contributed by atoms with Crippen molar-refractivity contribution >= 4 is 23.4 Å². The maximum absolute atomic E-state index is 11.6. The normalized spacial score (nSPS) is 13.8. The molecular weight excluding hydrogens is 208 g/mol. The smallest absolute Gasteiger partial charge is 0.265 e. The largest absolute Gasteiger partial charge is 0.482 e. The minimum Gasteiger partial charge on any atom is -0.482 e. The molecule has 0 radical (unpaired) electrons. The number of aliphatic imine (C=N–C) groups is 1. The van der Waals surface area contributed by atoms with Crippen LogP contribution in [-0.4, -0.2) is 25.1 Å². The fraction of sp³-hybridized carbons (Fsp3) is 0.273. The fourth-order valence-electron chi connectivity index (χ4n) is 1.66. The maximum Gasteiger partial charge on any atom is 0.265 e. The van der Waals surface area contributed by atoms with Gasteiger partial charge in [-0.25, -0.2) is 4.79 Å². The van der Waals surface area contributed by atoms with Crippen molar-refractivity contribution in [2.75, 3.05) is 18.1 Å². The molecule has 0 spiro atoms. The van der Waals surface area contributed by atoms with E-state index in [2.05, 4.69) is 4.99 Å². The van der Waals surface area contributed by atoms with Gasteiger partial charge < -0.3 is 9.64 Å². The molecule has 16 heavy (non-hydrogen) atoms. The van der Waals surface area contributed by atoms with Crippen molar-refractivity contribution in [1.82, 2.24) is 0 Å². The Kier molecular flexibility index (Phi) is 2.70. The van der Waals surface area contributed by atoms with E-state index < -0.39 is 0 Å². The molecule has 1 aliphatic heterocycles. The summed E-state index contributed by atoms with van der Waals surface area (Å²) in [5.74, 6) is 0.536. The fourth-order valence-corrected chi connectivity index (χ4v) is 1.66. The Bertz CT molecular complexity index is 478. The van der Waals surface area contributed by atoms with Crippen LogP contribution in [-0.2, 0) is 9.59 Å². The van der Waals surface area contributed by atoms with Crippen LogP contribution in [0.3, 0.4) is 0 Å². The number of isocyanates is 1. The Morgan fingerprint density at radius 3 is 3.06 bits per heavy atom. The number of rotatable bonds is 2. The standard InChI is InChI=1S/C11H10N2O3/c1-2-13-9-5-8(12-7-14)3-4-10(9)16-6-11(13)15/h3-5H,2,6H2,1H3. The topological polar surface area (TPSA) is 59.0 Å². The Labute approximate surface area is 92.3 Å². The highest BCUT2D eigenvalue weighted by molar-refractivity contribution is 5.98. The van der Waals surface area contributed by atoms with E-state index in [0.717, 1.165) is 0 Å². The molecule has 1 amide bonds. The average Bonchev–Trinajstić information content (AvgIpc) is 2.29. The summed E-state index contributed by atoms with van der Waals surface area (Å²) in [6.07, 6.45) is 1.47. The molecule has 82 valence electrons. The van der Waals surface area contributed by atoms with Crippen LogP contribution < -0.4 is 9.64 Å². The average molecular weight is 218 g/mol. The van der Waals surface area contributed by atoms with Crippen LogP contribution >= 0.6 is 0 Å². The summed E-state index contributed by atoms with van der Waals surface area (Å²) in [5, 5.41) is 0. The lowest BCUT2D eigenvalue weighted by Gasteiger charge is -2.28. The number of hydrogen-bond donors (Lipinski definition) is 0. The number of carbonyl (C=O) groups is 1. The first-order valence-electron chi connectivity index (χ1n) is 4.91. The van der Waals surface area contributed by atoms with Crippen molar-refractivity contribution in [2.24, 2.45) is 4.99 Å². The van der Waals surface area contributed by atoms with Gasteiger partial charge >= 0.3 is 0 Å². The Morgan fingerprint density at radius 1 is 1.56 bits per heavy atom. The molecule has 5 heteroatoms. The molecule has 0 atom stereocenters. The quantitative estimate of drug-likeness (QED) is 0.556. The number of likely N-dealkylation sites (N-methyl/N-ethyl adjacent to an activating group) is 1. The summed E-state index contributed by atoms with van der Waals surface area (Å²) in [4.78, 5) is 26.8. The number of nitrogens with zero attached hydrogens (tertiary/aromatic N) is 2. The molecule has 0 bridgehead atoms. The van der Waals surface area contributed by atoms with Crippen molar-refractivity contribution in [2.45, 2.75) is 6.92 Å². The van der Waals surface area contributed by atoms with Crippen molar-refractivity contribution in [3.8, 4) is 5.75 Å². The van der Waals surface area contributed by atoms with Gasteiger partial charge in [-0.1, -0.05) is 0 Å².